The largest absolute Gasteiger partial charge is 0.326 e. The maximum atomic E-state index is 13.6. The Bertz CT molecular complexity index is 1240. The summed E-state index contributed by atoms with van der Waals surface area (Å²) in [5.74, 6) is -0.337. The van der Waals surface area contributed by atoms with Crippen molar-refractivity contribution in [2.45, 2.75) is 40.0 Å². The number of carbonyl (C=O) groups is 1. The number of hydrogen-bond donors (Lipinski definition) is 1. The number of halogens is 1. The third-order valence-corrected chi connectivity index (χ3v) is 5.53. The quantitative estimate of drug-likeness (QED) is 0.465. The van der Waals surface area contributed by atoms with Crippen molar-refractivity contribution in [2.75, 3.05) is 5.32 Å². The Hall–Kier alpha value is -3.54. The monoisotopic (exact) mass is 416 g/mol. The van der Waals surface area contributed by atoms with Crippen LogP contribution in [-0.2, 0) is 17.6 Å². The van der Waals surface area contributed by atoms with Gasteiger partial charge in [0.1, 0.15) is 5.82 Å². The average molecular weight is 417 g/mol. The lowest BCUT2D eigenvalue weighted by atomic mass is 10.1. The van der Waals surface area contributed by atoms with Crippen LogP contribution >= 0.6 is 0 Å². The topological polar surface area (TPSA) is 59.3 Å². The van der Waals surface area contributed by atoms with Crippen molar-refractivity contribution in [1.82, 2.24) is 14.6 Å². The Labute approximate surface area is 181 Å². The predicted octanol–water partition coefficient (Wildman–Crippen LogP) is 5.29. The first-order chi connectivity index (χ1) is 14.9. The van der Waals surface area contributed by atoms with Gasteiger partial charge < -0.3 is 5.32 Å². The zero-order chi connectivity index (χ0) is 22.0. The van der Waals surface area contributed by atoms with Gasteiger partial charge in [0.15, 0.2) is 5.65 Å². The van der Waals surface area contributed by atoms with E-state index in [1.54, 1.807) is 10.6 Å². The van der Waals surface area contributed by atoms with E-state index >= 15 is 0 Å². The number of fused-ring (bicyclic) bond motifs is 1. The van der Waals surface area contributed by atoms with E-state index in [0.717, 1.165) is 29.1 Å². The number of rotatable bonds is 6. The average Bonchev–Trinajstić information content (AvgIpc) is 3.18. The first-order valence-corrected chi connectivity index (χ1v) is 10.4. The number of anilines is 1. The number of amides is 1. The van der Waals surface area contributed by atoms with Crippen molar-refractivity contribution in [3.63, 3.8) is 0 Å². The molecule has 2 aromatic heterocycles. The SMILES string of the molecule is CCc1ccc(NC(=O)CCc2c(C)nc3cc(-c4cccc(F)c4)nn3c2C)cc1. The van der Waals surface area contributed by atoms with Gasteiger partial charge in [-0.2, -0.15) is 5.10 Å². The fraction of sp³-hybridized carbons (Fsp3) is 0.240. The second-order valence-electron chi connectivity index (χ2n) is 7.67. The summed E-state index contributed by atoms with van der Waals surface area (Å²) in [6.45, 7) is 6.02. The van der Waals surface area contributed by atoms with Crippen LogP contribution in [0.5, 0.6) is 0 Å². The highest BCUT2D eigenvalue weighted by atomic mass is 19.1. The van der Waals surface area contributed by atoms with E-state index in [1.807, 2.05) is 50.2 Å². The predicted molar refractivity (Wildman–Crippen MR) is 121 cm³/mol. The smallest absolute Gasteiger partial charge is 0.224 e. The molecule has 0 aliphatic carbocycles. The van der Waals surface area contributed by atoms with Crippen LogP contribution in [0.4, 0.5) is 10.1 Å². The Balaban J connectivity index is 1.52. The number of benzene rings is 2. The highest BCUT2D eigenvalue weighted by Gasteiger charge is 2.15. The van der Waals surface area contributed by atoms with Crippen LogP contribution in [0.2, 0.25) is 0 Å². The summed E-state index contributed by atoms with van der Waals surface area (Å²) in [7, 11) is 0. The first kappa shape index (κ1) is 20.7. The molecular weight excluding hydrogens is 391 g/mol. The molecule has 0 radical (unpaired) electrons. The lowest BCUT2D eigenvalue weighted by Crippen LogP contribution is -2.14. The normalized spacial score (nSPS) is 11.1. The summed E-state index contributed by atoms with van der Waals surface area (Å²) in [4.78, 5) is 17.1. The number of aryl methyl sites for hydroxylation is 3. The van der Waals surface area contributed by atoms with Crippen LogP contribution < -0.4 is 5.32 Å². The van der Waals surface area contributed by atoms with E-state index in [9.17, 15) is 9.18 Å². The highest BCUT2D eigenvalue weighted by molar-refractivity contribution is 5.90. The van der Waals surface area contributed by atoms with Gasteiger partial charge in [-0.05, 0) is 62.1 Å². The molecule has 0 atom stereocenters. The molecule has 0 spiro atoms. The summed E-state index contributed by atoms with van der Waals surface area (Å²) < 4.78 is 15.4. The molecule has 4 aromatic rings. The molecule has 31 heavy (non-hydrogen) atoms. The molecule has 158 valence electrons. The van der Waals surface area contributed by atoms with E-state index in [-0.39, 0.29) is 11.7 Å². The molecule has 0 unspecified atom stereocenters. The fourth-order valence-corrected chi connectivity index (χ4v) is 3.76. The lowest BCUT2D eigenvalue weighted by Gasteiger charge is -2.11. The number of nitrogens with one attached hydrogen (secondary N) is 1. The molecule has 1 N–H and O–H groups in total. The van der Waals surface area contributed by atoms with E-state index < -0.39 is 0 Å². The van der Waals surface area contributed by atoms with Crippen LogP contribution in [0.1, 0.15) is 35.9 Å². The Morgan fingerprint density at radius 2 is 1.87 bits per heavy atom. The van der Waals surface area contributed by atoms with Gasteiger partial charge in [0, 0.05) is 35.1 Å². The van der Waals surface area contributed by atoms with E-state index in [0.29, 0.717) is 29.7 Å². The third-order valence-electron chi connectivity index (χ3n) is 5.53. The van der Waals surface area contributed by atoms with Gasteiger partial charge in [-0.3, -0.25) is 4.79 Å². The summed E-state index contributed by atoms with van der Waals surface area (Å²) >= 11 is 0. The molecule has 5 nitrogen and oxygen atoms in total. The van der Waals surface area contributed by atoms with Gasteiger partial charge in [0.05, 0.1) is 5.69 Å². The molecule has 0 fully saturated rings. The van der Waals surface area contributed by atoms with E-state index in [1.165, 1.54) is 17.7 Å². The minimum Gasteiger partial charge on any atom is -0.326 e. The van der Waals surface area contributed by atoms with Crippen molar-refractivity contribution in [2.24, 2.45) is 0 Å². The lowest BCUT2D eigenvalue weighted by molar-refractivity contribution is -0.116. The highest BCUT2D eigenvalue weighted by Crippen LogP contribution is 2.23. The maximum absolute atomic E-state index is 13.6. The van der Waals surface area contributed by atoms with Crippen LogP contribution in [0, 0.1) is 19.7 Å². The Morgan fingerprint density at radius 1 is 1.10 bits per heavy atom. The zero-order valence-corrected chi connectivity index (χ0v) is 17.9. The number of carbonyl (C=O) groups excluding carboxylic acids is 1. The minimum absolute atomic E-state index is 0.0379. The van der Waals surface area contributed by atoms with Crippen LogP contribution in [0.3, 0.4) is 0 Å². The molecule has 2 heterocycles. The Kier molecular flexibility index (Phi) is 5.80. The zero-order valence-electron chi connectivity index (χ0n) is 17.9. The van der Waals surface area contributed by atoms with Crippen molar-refractivity contribution >= 4 is 17.2 Å². The van der Waals surface area contributed by atoms with Crippen LogP contribution in [-0.4, -0.2) is 20.5 Å². The summed E-state index contributed by atoms with van der Waals surface area (Å²) in [5.41, 5.74) is 6.92. The standard InChI is InChI=1S/C25H25FN4O/c1-4-18-8-10-21(11-9-18)28-25(31)13-12-22-16(2)27-24-15-23(29-30(24)17(22)3)19-6-5-7-20(26)14-19/h5-11,14-15H,4,12-13H2,1-3H3,(H,28,31). The second kappa shape index (κ2) is 8.68. The van der Waals surface area contributed by atoms with Gasteiger partial charge in [-0.25, -0.2) is 13.9 Å². The van der Waals surface area contributed by atoms with Gasteiger partial charge in [-0.1, -0.05) is 31.2 Å². The summed E-state index contributed by atoms with van der Waals surface area (Å²) in [6, 6.07) is 16.1. The molecule has 0 bridgehead atoms. The first-order valence-electron chi connectivity index (χ1n) is 10.4. The minimum atomic E-state index is -0.300. The molecule has 0 aliphatic rings. The third kappa shape index (κ3) is 4.48. The van der Waals surface area contributed by atoms with Gasteiger partial charge >= 0.3 is 0 Å². The number of hydrogen-bond acceptors (Lipinski definition) is 3. The molecule has 0 aliphatic heterocycles. The second-order valence-corrected chi connectivity index (χ2v) is 7.67. The Morgan fingerprint density at radius 3 is 2.58 bits per heavy atom. The van der Waals surface area contributed by atoms with Crippen molar-refractivity contribution < 1.29 is 9.18 Å². The maximum Gasteiger partial charge on any atom is 0.224 e. The van der Waals surface area contributed by atoms with Gasteiger partial charge in [0.2, 0.25) is 5.91 Å². The molecular formula is C25H25FN4O. The summed E-state index contributed by atoms with van der Waals surface area (Å²) in [5, 5.41) is 7.58. The van der Waals surface area contributed by atoms with Crippen molar-refractivity contribution in [3.8, 4) is 11.3 Å². The van der Waals surface area contributed by atoms with Gasteiger partial charge in [-0.15, -0.1) is 0 Å². The van der Waals surface area contributed by atoms with Crippen molar-refractivity contribution in [1.29, 1.82) is 0 Å². The molecule has 6 heteroatoms. The van der Waals surface area contributed by atoms with Crippen molar-refractivity contribution in [3.05, 3.63) is 82.9 Å². The van der Waals surface area contributed by atoms with Crippen LogP contribution in [0.15, 0.2) is 54.6 Å². The summed E-state index contributed by atoms with van der Waals surface area (Å²) in [6.07, 6.45) is 1.88. The fourth-order valence-electron chi connectivity index (χ4n) is 3.76. The molecule has 1 amide bonds. The number of nitrogens with zero attached hydrogens (tertiary/aromatic N) is 3. The van der Waals surface area contributed by atoms with Crippen LogP contribution in [0.25, 0.3) is 16.9 Å². The molecule has 0 saturated heterocycles. The molecule has 0 saturated carbocycles. The molecule has 4 rings (SSSR count). The van der Waals surface area contributed by atoms with E-state index in [2.05, 4.69) is 22.3 Å². The van der Waals surface area contributed by atoms with E-state index in [4.69, 9.17) is 0 Å². The molecule has 2 aromatic carbocycles. The van der Waals surface area contributed by atoms with Gasteiger partial charge in [0.25, 0.3) is 0 Å². The number of aromatic nitrogens is 3.